The summed E-state index contributed by atoms with van der Waals surface area (Å²) in [7, 11) is 0. The summed E-state index contributed by atoms with van der Waals surface area (Å²) < 4.78 is 0. The Morgan fingerprint density at radius 2 is 2.15 bits per heavy atom. The molecule has 13 heavy (non-hydrogen) atoms. The number of aliphatic hydroxyl groups excluding tert-OH is 1. The average Bonchev–Trinajstić information content (AvgIpc) is 2.33. The summed E-state index contributed by atoms with van der Waals surface area (Å²) in [6.07, 6.45) is 0.324. The van der Waals surface area contributed by atoms with Crippen molar-refractivity contribution in [3.63, 3.8) is 0 Å². The van der Waals surface area contributed by atoms with Crippen LogP contribution in [0.25, 0.3) is 0 Å². The SMILES string of the molecule is CC(C)(C)C(=O)ON1CC[C@H](O)C1. The number of carbonyl (C=O) groups excluding carboxylic acids is 1. The number of hydroxylamine groups is 2. The number of carbonyl (C=O) groups is 1. The standard InChI is InChI=1S/C9H17NO3/c1-9(2,3)8(12)13-10-5-4-7(11)6-10/h7,11H,4-6H2,1-3H3/t7-/m0/s1. The van der Waals surface area contributed by atoms with E-state index in [0.29, 0.717) is 19.5 Å². The summed E-state index contributed by atoms with van der Waals surface area (Å²) in [6.45, 7) is 6.48. The predicted octanol–water partition coefficient (Wildman–Crippen LogP) is 0.557. The van der Waals surface area contributed by atoms with Crippen molar-refractivity contribution in [3.05, 3.63) is 0 Å². The molecule has 0 spiro atoms. The molecule has 0 unspecified atom stereocenters. The summed E-state index contributed by atoms with van der Waals surface area (Å²) in [5, 5.41) is 10.7. The highest BCUT2D eigenvalue weighted by atomic mass is 16.7. The third kappa shape index (κ3) is 2.97. The van der Waals surface area contributed by atoms with Crippen LogP contribution in [0.1, 0.15) is 27.2 Å². The van der Waals surface area contributed by atoms with Crippen molar-refractivity contribution in [2.24, 2.45) is 5.41 Å². The lowest BCUT2D eigenvalue weighted by molar-refractivity contribution is -0.196. The van der Waals surface area contributed by atoms with Crippen LogP contribution >= 0.6 is 0 Å². The summed E-state index contributed by atoms with van der Waals surface area (Å²) in [6, 6.07) is 0. The largest absolute Gasteiger partial charge is 0.392 e. The molecule has 1 aliphatic heterocycles. The van der Waals surface area contributed by atoms with E-state index >= 15 is 0 Å². The molecule has 1 rings (SSSR count). The Morgan fingerprint density at radius 1 is 1.54 bits per heavy atom. The van der Waals surface area contributed by atoms with E-state index in [2.05, 4.69) is 0 Å². The fraction of sp³-hybridized carbons (Fsp3) is 0.889. The van der Waals surface area contributed by atoms with Gasteiger partial charge in [-0.3, -0.25) is 0 Å². The summed E-state index contributed by atoms with van der Waals surface area (Å²) in [5.74, 6) is -0.249. The predicted molar refractivity (Wildman–Crippen MR) is 47.7 cm³/mol. The zero-order valence-corrected chi connectivity index (χ0v) is 8.41. The molecule has 0 bridgehead atoms. The molecule has 1 heterocycles. The van der Waals surface area contributed by atoms with Crippen molar-refractivity contribution in [2.45, 2.75) is 33.3 Å². The number of β-amino-alcohol motifs (C(OH)–C–C–N with tert-alkyl or cyclic N) is 1. The van der Waals surface area contributed by atoms with E-state index in [1.54, 1.807) is 0 Å². The van der Waals surface area contributed by atoms with Crippen LogP contribution in [0.5, 0.6) is 0 Å². The first-order valence-electron chi connectivity index (χ1n) is 4.55. The van der Waals surface area contributed by atoms with Gasteiger partial charge in [-0.05, 0) is 27.2 Å². The van der Waals surface area contributed by atoms with Gasteiger partial charge in [0, 0.05) is 6.54 Å². The van der Waals surface area contributed by atoms with Crippen LogP contribution in [-0.2, 0) is 9.63 Å². The van der Waals surface area contributed by atoms with Gasteiger partial charge in [-0.25, -0.2) is 4.79 Å². The topological polar surface area (TPSA) is 49.8 Å². The average molecular weight is 187 g/mol. The molecule has 0 aromatic carbocycles. The summed E-state index contributed by atoms with van der Waals surface area (Å²) >= 11 is 0. The van der Waals surface area contributed by atoms with Crippen LogP contribution in [-0.4, -0.2) is 35.3 Å². The number of aliphatic hydroxyl groups is 1. The lowest BCUT2D eigenvalue weighted by Gasteiger charge is -2.21. The quantitative estimate of drug-likeness (QED) is 0.651. The van der Waals surface area contributed by atoms with E-state index in [1.807, 2.05) is 20.8 Å². The Bertz CT molecular complexity index is 198. The van der Waals surface area contributed by atoms with Crippen LogP contribution < -0.4 is 0 Å². The third-order valence-corrected chi connectivity index (χ3v) is 1.95. The van der Waals surface area contributed by atoms with Crippen molar-refractivity contribution < 1.29 is 14.7 Å². The van der Waals surface area contributed by atoms with E-state index in [9.17, 15) is 9.90 Å². The molecule has 1 saturated heterocycles. The van der Waals surface area contributed by atoms with Gasteiger partial charge in [0.1, 0.15) is 0 Å². The Balaban J connectivity index is 2.37. The molecule has 1 atom stereocenters. The fourth-order valence-corrected chi connectivity index (χ4v) is 1.05. The normalized spacial score (nSPS) is 24.8. The van der Waals surface area contributed by atoms with E-state index < -0.39 is 5.41 Å². The highest BCUT2D eigenvalue weighted by molar-refractivity contribution is 5.75. The smallest absolute Gasteiger partial charge is 0.330 e. The van der Waals surface area contributed by atoms with E-state index in [1.165, 1.54) is 5.06 Å². The minimum atomic E-state index is -0.479. The first-order valence-corrected chi connectivity index (χ1v) is 4.55. The van der Waals surface area contributed by atoms with Gasteiger partial charge < -0.3 is 9.94 Å². The molecule has 0 aliphatic carbocycles. The van der Waals surface area contributed by atoms with Gasteiger partial charge >= 0.3 is 5.97 Å². The molecule has 0 saturated carbocycles. The van der Waals surface area contributed by atoms with Crippen molar-refractivity contribution >= 4 is 5.97 Å². The van der Waals surface area contributed by atoms with Crippen LogP contribution in [0.4, 0.5) is 0 Å². The maximum absolute atomic E-state index is 11.4. The van der Waals surface area contributed by atoms with Gasteiger partial charge in [0.15, 0.2) is 0 Å². The minimum absolute atomic E-state index is 0.249. The Hall–Kier alpha value is -0.610. The van der Waals surface area contributed by atoms with Gasteiger partial charge in [0.2, 0.25) is 0 Å². The minimum Gasteiger partial charge on any atom is -0.392 e. The molecule has 4 heteroatoms. The van der Waals surface area contributed by atoms with Crippen molar-refractivity contribution in [1.29, 1.82) is 0 Å². The Morgan fingerprint density at radius 3 is 2.54 bits per heavy atom. The molecule has 0 radical (unpaired) electrons. The van der Waals surface area contributed by atoms with Crippen LogP contribution in [0, 0.1) is 5.41 Å². The molecular weight excluding hydrogens is 170 g/mol. The van der Waals surface area contributed by atoms with Crippen molar-refractivity contribution in [3.8, 4) is 0 Å². The number of nitrogens with zero attached hydrogens (tertiary/aromatic N) is 1. The summed E-state index contributed by atoms with van der Waals surface area (Å²) in [5.41, 5.74) is -0.479. The van der Waals surface area contributed by atoms with Gasteiger partial charge in [-0.1, -0.05) is 0 Å². The second kappa shape index (κ2) is 3.64. The van der Waals surface area contributed by atoms with E-state index in [4.69, 9.17) is 4.84 Å². The second-order valence-corrected chi connectivity index (χ2v) is 4.46. The van der Waals surface area contributed by atoms with Crippen LogP contribution in [0.2, 0.25) is 0 Å². The highest BCUT2D eigenvalue weighted by Crippen LogP contribution is 2.18. The van der Waals surface area contributed by atoms with E-state index in [-0.39, 0.29) is 12.1 Å². The molecule has 0 amide bonds. The Kier molecular flexibility index (Phi) is 2.93. The molecule has 1 aliphatic rings. The molecule has 4 nitrogen and oxygen atoms in total. The van der Waals surface area contributed by atoms with Crippen LogP contribution in [0.3, 0.4) is 0 Å². The highest BCUT2D eigenvalue weighted by Gasteiger charge is 2.29. The number of rotatable bonds is 1. The van der Waals surface area contributed by atoms with Gasteiger partial charge in [0.05, 0.1) is 18.1 Å². The van der Waals surface area contributed by atoms with E-state index in [0.717, 1.165) is 0 Å². The first-order chi connectivity index (χ1) is 5.89. The lowest BCUT2D eigenvalue weighted by Crippen LogP contribution is -2.32. The second-order valence-electron chi connectivity index (χ2n) is 4.46. The molecule has 0 aromatic heterocycles. The number of hydrogen-bond acceptors (Lipinski definition) is 4. The zero-order chi connectivity index (χ0) is 10.1. The maximum Gasteiger partial charge on any atom is 0.330 e. The molecule has 76 valence electrons. The van der Waals surface area contributed by atoms with Crippen molar-refractivity contribution in [2.75, 3.05) is 13.1 Å². The van der Waals surface area contributed by atoms with Gasteiger partial charge in [-0.15, -0.1) is 5.06 Å². The molecule has 1 N–H and O–H groups in total. The lowest BCUT2D eigenvalue weighted by atomic mass is 9.98. The fourth-order valence-electron chi connectivity index (χ4n) is 1.05. The first kappa shape index (κ1) is 10.5. The maximum atomic E-state index is 11.4. The molecular formula is C9H17NO3. The molecule has 0 aromatic rings. The monoisotopic (exact) mass is 187 g/mol. The third-order valence-electron chi connectivity index (χ3n) is 1.95. The number of hydrogen-bond donors (Lipinski definition) is 1. The molecule has 1 fully saturated rings. The van der Waals surface area contributed by atoms with Gasteiger partial charge in [-0.2, -0.15) is 0 Å². The summed E-state index contributed by atoms with van der Waals surface area (Å²) in [4.78, 5) is 16.5. The Labute approximate surface area is 78.4 Å². The van der Waals surface area contributed by atoms with Crippen LogP contribution in [0.15, 0.2) is 0 Å². The zero-order valence-electron chi connectivity index (χ0n) is 8.41. The van der Waals surface area contributed by atoms with Gasteiger partial charge in [0.25, 0.3) is 0 Å². The van der Waals surface area contributed by atoms with Crippen molar-refractivity contribution in [1.82, 2.24) is 5.06 Å².